The molecule has 14 heavy (non-hydrogen) atoms. The Labute approximate surface area is 86.7 Å². The van der Waals surface area contributed by atoms with Crippen LogP contribution in [0.4, 0.5) is 0 Å². The maximum absolute atomic E-state index is 5.07. The van der Waals surface area contributed by atoms with Crippen LogP contribution in [0.25, 0.3) is 0 Å². The Morgan fingerprint density at radius 3 is 2.71 bits per heavy atom. The van der Waals surface area contributed by atoms with Gasteiger partial charge in [0.1, 0.15) is 0 Å². The van der Waals surface area contributed by atoms with Crippen LogP contribution in [0, 0.1) is 5.92 Å². The molecular formula is C12H21NO. The molecule has 0 amide bonds. The minimum atomic E-state index is 0.620. The Balaban J connectivity index is 2.43. The van der Waals surface area contributed by atoms with E-state index in [1.54, 1.807) is 6.26 Å². The maximum atomic E-state index is 5.07. The molecule has 0 aliphatic rings. The topological polar surface area (TPSA) is 25.2 Å². The Bertz CT molecular complexity index is 230. The number of furan rings is 1. The van der Waals surface area contributed by atoms with Crippen LogP contribution in [-0.2, 0) is 6.42 Å². The highest BCUT2D eigenvalue weighted by molar-refractivity contribution is 5.06. The van der Waals surface area contributed by atoms with Crippen molar-refractivity contribution in [1.82, 2.24) is 5.32 Å². The molecule has 2 nitrogen and oxygen atoms in total. The van der Waals surface area contributed by atoms with Crippen molar-refractivity contribution in [3.8, 4) is 0 Å². The van der Waals surface area contributed by atoms with Crippen molar-refractivity contribution in [2.75, 3.05) is 6.54 Å². The van der Waals surface area contributed by atoms with Gasteiger partial charge in [-0.3, -0.25) is 0 Å². The standard InChI is InChI=1S/C12H21NO/c1-4-12(13-5-2)10(3)8-11-6-7-14-9-11/h6-7,9-10,12-13H,4-5,8H2,1-3H3. The van der Waals surface area contributed by atoms with Crippen molar-refractivity contribution in [1.29, 1.82) is 0 Å². The molecule has 0 bridgehead atoms. The Kier molecular flexibility index (Phi) is 4.74. The van der Waals surface area contributed by atoms with Gasteiger partial charge in [-0.1, -0.05) is 20.8 Å². The van der Waals surface area contributed by atoms with Crippen LogP contribution in [0.15, 0.2) is 23.0 Å². The van der Waals surface area contributed by atoms with Gasteiger partial charge in [0, 0.05) is 6.04 Å². The minimum absolute atomic E-state index is 0.620. The van der Waals surface area contributed by atoms with E-state index in [0.29, 0.717) is 12.0 Å². The van der Waals surface area contributed by atoms with Crippen LogP contribution in [0.3, 0.4) is 0 Å². The van der Waals surface area contributed by atoms with Gasteiger partial charge >= 0.3 is 0 Å². The highest BCUT2D eigenvalue weighted by atomic mass is 16.3. The number of hydrogen-bond donors (Lipinski definition) is 1. The Hall–Kier alpha value is -0.760. The molecule has 1 rings (SSSR count). The SMILES string of the molecule is CCNC(CC)C(C)Cc1ccoc1. The average Bonchev–Trinajstić information content (AvgIpc) is 2.66. The van der Waals surface area contributed by atoms with E-state index in [9.17, 15) is 0 Å². The summed E-state index contributed by atoms with van der Waals surface area (Å²) >= 11 is 0. The summed E-state index contributed by atoms with van der Waals surface area (Å²) in [7, 11) is 0. The normalized spacial score (nSPS) is 15.4. The van der Waals surface area contributed by atoms with E-state index in [2.05, 4.69) is 32.2 Å². The molecule has 2 unspecified atom stereocenters. The van der Waals surface area contributed by atoms with Gasteiger partial charge in [-0.05, 0) is 36.9 Å². The zero-order valence-corrected chi connectivity index (χ0v) is 9.42. The second-order valence-electron chi connectivity index (χ2n) is 3.89. The van der Waals surface area contributed by atoms with Crippen molar-refractivity contribution < 1.29 is 4.42 Å². The summed E-state index contributed by atoms with van der Waals surface area (Å²) in [5.74, 6) is 0.664. The molecule has 1 aromatic heterocycles. The summed E-state index contributed by atoms with van der Waals surface area (Å²) in [5.41, 5.74) is 1.30. The first kappa shape index (κ1) is 11.3. The highest BCUT2D eigenvalue weighted by Gasteiger charge is 2.14. The zero-order chi connectivity index (χ0) is 10.4. The fraction of sp³-hybridized carbons (Fsp3) is 0.667. The van der Waals surface area contributed by atoms with Gasteiger partial charge in [0.25, 0.3) is 0 Å². The third-order valence-corrected chi connectivity index (χ3v) is 2.73. The van der Waals surface area contributed by atoms with Crippen LogP contribution in [0.1, 0.15) is 32.8 Å². The van der Waals surface area contributed by atoms with Gasteiger partial charge < -0.3 is 9.73 Å². The van der Waals surface area contributed by atoms with Crippen molar-refractivity contribution >= 4 is 0 Å². The monoisotopic (exact) mass is 195 g/mol. The van der Waals surface area contributed by atoms with Gasteiger partial charge in [0.2, 0.25) is 0 Å². The van der Waals surface area contributed by atoms with Crippen molar-refractivity contribution in [2.24, 2.45) is 5.92 Å². The molecule has 2 heteroatoms. The maximum Gasteiger partial charge on any atom is 0.0934 e. The smallest absolute Gasteiger partial charge is 0.0934 e. The highest BCUT2D eigenvalue weighted by Crippen LogP contribution is 2.14. The fourth-order valence-corrected chi connectivity index (χ4v) is 1.93. The molecule has 0 radical (unpaired) electrons. The quantitative estimate of drug-likeness (QED) is 0.755. The van der Waals surface area contributed by atoms with Gasteiger partial charge in [-0.2, -0.15) is 0 Å². The van der Waals surface area contributed by atoms with E-state index in [1.807, 2.05) is 6.26 Å². The van der Waals surface area contributed by atoms with Crippen LogP contribution >= 0.6 is 0 Å². The second-order valence-corrected chi connectivity index (χ2v) is 3.89. The third kappa shape index (κ3) is 3.18. The van der Waals surface area contributed by atoms with Crippen LogP contribution in [0.2, 0.25) is 0 Å². The van der Waals surface area contributed by atoms with Gasteiger partial charge in [-0.15, -0.1) is 0 Å². The second kappa shape index (κ2) is 5.86. The average molecular weight is 195 g/mol. The summed E-state index contributed by atoms with van der Waals surface area (Å²) in [6, 6.07) is 2.67. The molecule has 2 atom stereocenters. The van der Waals surface area contributed by atoms with Crippen molar-refractivity contribution in [3.05, 3.63) is 24.2 Å². The lowest BCUT2D eigenvalue weighted by Gasteiger charge is -2.22. The lowest BCUT2D eigenvalue weighted by molar-refractivity contribution is 0.370. The summed E-state index contributed by atoms with van der Waals surface area (Å²) in [6.07, 6.45) is 5.88. The predicted octanol–water partition coefficient (Wildman–Crippen LogP) is 2.85. The lowest BCUT2D eigenvalue weighted by Crippen LogP contribution is -2.35. The Morgan fingerprint density at radius 2 is 2.21 bits per heavy atom. The Morgan fingerprint density at radius 1 is 1.43 bits per heavy atom. The third-order valence-electron chi connectivity index (χ3n) is 2.73. The van der Waals surface area contributed by atoms with Crippen molar-refractivity contribution in [2.45, 2.75) is 39.7 Å². The van der Waals surface area contributed by atoms with Crippen LogP contribution < -0.4 is 5.32 Å². The van der Waals surface area contributed by atoms with Crippen LogP contribution in [0.5, 0.6) is 0 Å². The molecule has 0 fully saturated rings. The van der Waals surface area contributed by atoms with Crippen molar-refractivity contribution in [3.63, 3.8) is 0 Å². The van der Waals surface area contributed by atoms with Gasteiger partial charge in [0.15, 0.2) is 0 Å². The molecule has 1 heterocycles. The van der Waals surface area contributed by atoms with E-state index >= 15 is 0 Å². The molecule has 0 aliphatic heterocycles. The summed E-state index contributed by atoms with van der Waals surface area (Å²) < 4.78 is 5.07. The predicted molar refractivity (Wildman–Crippen MR) is 59.3 cm³/mol. The van der Waals surface area contributed by atoms with Gasteiger partial charge in [0.05, 0.1) is 12.5 Å². The summed E-state index contributed by atoms with van der Waals surface area (Å²) in [6.45, 7) is 7.74. The molecule has 0 spiro atoms. The molecule has 0 saturated carbocycles. The number of nitrogens with one attached hydrogen (secondary N) is 1. The van der Waals surface area contributed by atoms with E-state index in [4.69, 9.17) is 4.42 Å². The van der Waals surface area contributed by atoms with Gasteiger partial charge in [-0.25, -0.2) is 0 Å². The van der Waals surface area contributed by atoms with E-state index in [-0.39, 0.29) is 0 Å². The first-order valence-corrected chi connectivity index (χ1v) is 5.52. The number of hydrogen-bond acceptors (Lipinski definition) is 2. The first-order chi connectivity index (χ1) is 6.77. The molecule has 1 N–H and O–H groups in total. The minimum Gasteiger partial charge on any atom is -0.472 e. The van der Waals surface area contributed by atoms with E-state index < -0.39 is 0 Å². The van der Waals surface area contributed by atoms with E-state index in [0.717, 1.165) is 13.0 Å². The molecule has 0 aliphatic carbocycles. The summed E-state index contributed by atoms with van der Waals surface area (Å²) in [4.78, 5) is 0. The van der Waals surface area contributed by atoms with Crippen LogP contribution in [-0.4, -0.2) is 12.6 Å². The molecular weight excluding hydrogens is 174 g/mol. The lowest BCUT2D eigenvalue weighted by atomic mass is 9.93. The molecule has 0 saturated heterocycles. The largest absolute Gasteiger partial charge is 0.472 e. The molecule has 1 aromatic rings. The zero-order valence-electron chi connectivity index (χ0n) is 9.42. The van der Waals surface area contributed by atoms with E-state index in [1.165, 1.54) is 12.0 Å². The first-order valence-electron chi connectivity index (χ1n) is 5.52. The number of rotatable bonds is 6. The fourth-order valence-electron chi connectivity index (χ4n) is 1.93. The summed E-state index contributed by atoms with van der Waals surface area (Å²) in [5, 5.41) is 3.51. The molecule has 80 valence electrons. The molecule has 0 aromatic carbocycles.